The van der Waals surface area contributed by atoms with Crippen LogP contribution in [0.4, 0.5) is 10.5 Å². The molecule has 0 radical (unpaired) electrons. The standard InChI is InChI=1S/C17H20N4O4S2/c1-20(2)17(23)26-15-9-5-4-8-14(15)19-16(22)12-21(3)27(24,25)13-7-6-10-18-11-13/h4-11H,12H2,1-3H3,(H,19,22). The van der Waals surface area contributed by atoms with Crippen LogP contribution >= 0.6 is 11.8 Å². The highest BCUT2D eigenvalue weighted by Crippen LogP contribution is 2.28. The van der Waals surface area contributed by atoms with Crippen LogP contribution < -0.4 is 5.32 Å². The van der Waals surface area contributed by atoms with E-state index < -0.39 is 15.9 Å². The summed E-state index contributed by atoms with van der Waals surface area (Å²) < 4.78 is 25.9. The van der Waals surface area contributed by atoms with E-state index in [0.717, 1.165) is 16.1 Å². The Morgan fingerprint density at radius 3 is 2.44 bits per heavy atom. The van der Waals surface area contributed by atoms with Gasteiger partial charge in [-0.25, -0.2) is 8.42 Å². The highest BCUT2D eigenvalue weighted by molar-refractivity contribution is 8.13. The molecule has 2 amide bonds. The number of benzene rings is 1. The molecule has 2 aromatic rings. The highest BCUT2D eigenvalue weighted by Gasteiger charge is 2.23. The first-order valence-corrected chi connectivity index (χ1v) is 10.1. The van der Waals surface area contributed by atoms with Gasteiger partial charge in [0, 0.05) is 38.4 Å². The minimum Gasteiger partial charge on any atom is -0.339 e. The second kappa shape index (κ2) is 8.98. The predicted octanol–water partition coefficient (Wildman–Crippen LogP) is 2.11. The van der Waals surface area contributed by atoms with Crippen molar-refractivity contribution in [1.29, 1.82) is 0 Å². The average molecular weight is 409 g/mol. The topological polar surface area (TPSA) is 99.7 Å². The lowest BCUT2D eigenvalue weighted by atomic mass is 10.3. The molecule has 1 aromatic carbocycles. The van der Waals surface area contributed by atoms with E-state index in [0.29, 0.717) is 10.6 Å². The molecule has 0 aliphatic rings. The molecule has 8 nitrogen and oxygen atoms in total. The summed E-state index contributed by atoms with van der Waals surface area (Å²) in [5.74, 6) is -0.518. The molecule has 10 heteroatoms. The van der Waals surface area contributed by atoms with Crippen molar-refractivity contribution in [1.82, 2.24) is 14.2 Å². The van der Waals surface area contributed by atoms with Gasteiger partial charge in [0.25, 0.3) is 5.24 Å². The number of amides is 2. The number of pyridine rings is 1. The maximum absolute atomic E-state index is 12.5. The Labute approximate surface area is 162 Å². The maximum atomic E-state index is 12.5. The summed E-state index contributed by atoms with van der Waals surface area (Å²) >= 11 is 0.974. The molecule has 0 saturated heterocycles. The van der Waals surface area contributed by atoms with Crippen LogP contribution in [-0.2, 0) is 14.8 Å². The predicted molar refractivity (Wildman–Crippen MR) is 104 cm³/mol. The van der Waals surface area contributed by atoms with Crippen molar-refractivity contribution in [3.8, 4) is 0 Å². The molecule has 1 aromatic heterocycles. The van der Waals surface area contributed by atoms with Crippen LogP contribution in [0.2, 0.25) is 0 Å². The molecule has 144 valence electrons. The zero-order valence-corrected chi connectivity index (χ0v) is 16.8. The Balaban J connectivity index is 2.09. The van der Waals surface area contributed by atoms with Gasteiger partial charge in [-0.2, -0.15) is 4.31 Å². The van der Waals surface area contributed by atoms with E-state index in [4.69, 9.17) is 0 Å². The molecule has 0 atom stereocenters. The molecule has 27 heavy (non-hydrogen) atoms. The third-order valence-corrected chi connectivity index (χ3v) is 6.34. The van der Waals surface area contributed by atoms with Gasteiger partial charge in [0.1, 0.15) is 4.90 Å². The zero-order chi connectivity index (χ0) is 20.0. The van der Waals surface area contributed by atoms with Crippen LogP contribution in [0.25, 0.3) is 0 Å². The number of aromatic nitrogens is 1. The normalized spacial score (nSPS) is 11.3. The third-order valence-electron chi connectivity index (χ3n) is 3.43. The van der Waals surface area contributed by atoms with Gasteiger partial charge in [0.2, 0.25) is 15.9 Å². The summed E-state index contributed by atoms with van der Waals surface area (Å²) in [5.41, 5.74) is 0.440. The summed E-state index contributed by atoms with van der Waals surface area (Å²) in [5, 5.41) is 2.47. The van der Waals surface area contributed by atoms with E-state index in [1.54, 1.807) is 38.4 Å². The van der Waals surface area contributed by atoms with Crippen LogP contribution in [0.5, 0.6) is 0 Å². The van der Waals surface area contributed by atoms with Crippen molar-refractivity contribution >= 4 is 38.6 Å². The summed E-state index contributed by atoms with van der Waals surface area (Å²) in [6.07, 6.45) is 2.69. The van der Waals surface area contributed by atoms with E-state index in [1.807, 2.05) is 0 Å². The Morgan fingerprint density at radius 2 is 1.81 bits per heavy atom. The molecule has 0 saturated carbocycles. The number of para-hydroxylation sites is 1. The van der Waals surface area contributed by atoms with Crippen molar-refractivity contribution in [3.63, 3.8) is 0 Å². The van der Waals surface area contributed by atoms with Crippen molar-refractivity contribution < 1.29 is 18.0 Å². The fourth-order valence-electron chi connectivity index (χ4n) is 2.00. The molecule has 2 rings (SSSR count). The largest absolute Gasteiger partial charge is 0.339 e. The number of nitrogens with zero attached hydrogens (tertiary/aromatic N) is 3. The van der Waals surface area contributed by atoms with Crippen LogP contribution in [0, 0.1) is 0 Å². The number of likely N-dealkylation sites (N-methyl/N-ethyl adjacent to an activating group) is 1. The van der Waals surface area contributed by atoms with Crippen LogP contribution in [0.3, 0.4) is 0 Å². The summed E-state index contributed by atoms with van der Waals surface area (Å²) in [7, 11) is 0.762. The van der Waals surface area contributed by atoms with Gasteiger partial charge in [-0.05, 0) is 36.0 Å². The Kier molecular flexibility index (Phi) is 6.94. The average Bonchev–Trinajstić information content (AvgIpc) is 2.63. The van der Waals surface area contributed by atoms with Crippen LogP contribution in [0.1, 0.15) is 0 Å². The monoisotopic (exact) mass is 408 g/mol. The first-order valence-electron chi connectivity index (χ1n) is 7.86. The number of hydrogen-bond donors (Lipinski definition) is 1. The summed E-state index contributed by atoms with van der Waals surface area (Å²) in [6, 6.07) is 9.75. The first-order chi connectivity index (χ1) is 12.7. The van der Waals surface area contributed by atoms with E-state index in [1.165, 1.54) is 36.5 Å². The molecule has 0 unspecified atom stereocenters. The number of nitrogens with one attached hydrogen (secondary N) is 1. The van der Waals surface area contributed by atoms with Gasteiger partial charge in [-0.3, -0.25) is 14.6 Å². The smallest absolute Gasteiger partial charge is 0.286 e. The highest BCUT2D eigenvalue weighted by atomic mass is 32.2. The number of rotatable bonds is 6. The van der Waals surface area contributed by atoms with Gasteiger partial charge in [0.05, 0.1) is 12.2 Å². The molecule has 0 fully saturated rings. The van der Waals surface area contributed by atoms with E-state index >= 15 is 0 Å². The minimum atomic E-state index is -3.82. The van der Waals surface area contributed by atoms with Gasteiger partial charge < -0.3 is 10.2 Å². The molecule has 0 aliphatic heterocycles. The summed E-state index contributed by atoms with van der Waals surface area (Å²) in [4.78, 5) is 30.0. The lowest BCUT2D eigenvalue weighted by Gasteiger charge is -2.17. The molecule has 1 N–H and O–H groups in total. The van der Waals surface area contributed by atoms with Gasteiger partial charge in [-0.1, -0.05) is 12.1 Å². The fraction of sp³-hybridized carbons (Fsp3) is 0.235. The number of anilines is 1. The van der Waals surface area contributed by atoms with Crippen LogP contribution in [-0.4, -0.2) is 61.4 Å². The lowest BCUT2D eigenvalue weighted by molar-refractivity contribution is -0.116. The Bertz CT molecular complexity index is 918. The van der Waals surface area contributed by atoms with Crippen molar-refractivity contribution in [2.24, 2.45) is 0 Å². The molecule has 1 heterocycles. The van der Waals surface area contributed by atoms with Crippen molar-refractivity contribution in [2.45, 2.75) is 9.79 Å². The van der Waals surface area contributed by atoms with Gasteiger partial charge >= 0.3 is 0 Å². The van der Waals surface area contributed by atoms with E-state index in [9.17, 15) is 18.0 Å². The molecule has 0 spiro atoms. The fourth-order valence-corrected chi connectivity index (χ4v) is 3.84. The Morgan fingerprint density at radius 1 is 1.11 bits per heavy atom. The SMILES string of the molecule is CN(C)C(=O)Sc1ccccc1NC(=O)CN(C)S(=O)(=O)c1cccnc1. The first kappa shape index (κ1) is 20.9. The number of carbonyl (C=O) groups is 2. The third kappa shape index (κ3) is 5.52. The summed E-state index contributed by atoms with van der Waals surface area (Å²) in [6.45, 7) is -0.377. The van der Waals surface area contributed by atoms with Crippen molar-refractivity contribution in [3.05, 3.63) is 48.8 Å². The second-order valence-corrected chi connectivity index (χ2v) is 8.79. The number of sulfonamides is 1. The van der Waals surface area contributed by atoms with E-state index in [2.05, 4.69) is 10.3 Å². The van der Waals surface area contributed by atoms with Crippen LogP contribution in [0.15, 0.2) is 58.6 Å². The van der Waals surface area contributed by atoms with Gasteiger partial charge in [0.15, 0.2) is 0 Å². The van der Waals surface area contributed by atoms with Gasteiger partial charge in [-0.15, -0.1) is 0 Å². The van der Waals surface area contributed by atoms with E-state index in [-0.39, 0.29) is 16.7 Å². The molecular formula is C17H20N4O4S2. The minimum absolute atomic E-state index is 0.00725. The second-order valence-electron chi connectivity index (χ2n) is 5.76. The Hall–Kier alpha value is -2.43. The number of carbonyl (C=O) groups excluding carboxylic acids is 2. The molecule has 0 aliphatic carbocycles. The van der Waals surface area contributed by atoms with Crippen molar-refractivity contribution in [2.75, 3.05) is 33.0 Å². The lowest BCUT2D eigenvalue weighted by Crippen LogP contribution is -2.35. The zero-order valence-electron chi connectivity index (χ0n) is 15.1. The molecule has 0 bridgehead atoms. The molecular weight excluding hydrogens is 388 g/mol. The number of hydrogen-bond acceptors (Lipinski definition) is 6. The maximum Gasteiger partial charge on any atom is 0.286 e. The quantitative estimate of drug-likeness (QED) is 0.735. The number of thioether (sulfide) groups is 1.